The second-order valence-electron chi connectivity index (χ2n) is 7.58. The van der Waals surface area contributed by atoms with Crippen molar-refractivity contribution in [2.24, 2.45) is 11.1 Å². The van der Waals surface area contributed by atoms with Crippen LogP contribution in [-0.2, 0) is 11.2 Å². The minimum absolute atomic E-state index is 0.233. The van der Waals surface area contributed by atoms with Gasteiger partial charge in [0.15, 0.2) is 0 Å². The number of carbonyl (C=O) groups is 1. The lowest BCUT2D eigenvalue weighted by molar-refractivity contribution is -0.119. The highest BCUT2D eigenvalue weighted by atomic mass is 16.3. The Kier molecular flexibility index (Phi) is 4.28. The summed E-state index contributed by atoms with van der Waals surface area (Å²) in [5.74, 6) is 0.906. The summed E-state index contributed by atoms with van der Waals surface area (Å²) in [5.41, 5.74) is 6.88. The molecule has 5 nitrogen and oxygen atoms in total. The maximum absolute atomic E-state index is 11.0. The molecule has 1 aromatic rings. The molecule has 0 bridgehead atoms. The van der Waals surface area contributed by atoms with Gasteiger partial charge in [0.05, 0.1) is 12.8 Å². The third kappa shape index (κ3) is 3.52. The average molecular weight is 305 g/mol. The van der Waals surface area contributed by atoms with Gasteiger partial charge in [-0.3, -0.25) is 9.69 Å². The van der Waals surface area contributed by atoms with Crippen LogP contribution in [0.2, 0.25) is 0 Å². The van der Waals surface area contributed by atoms with Crippen LogP contribution >= 0.6 is 0 Å². The van der Waals surface area contributed by atoms with E-state index in [1.165, 1.54) is 5.56 Å². The summed E-state index contributed by atoms with van der Waals surface area (Å²) in [7, 11) is 0. The third-order valence-corrected chi connectivity index (χ3v) is 4.96. The van der Waals surface area contributed by atoms with E-state index in [4.69, 9.17) is 10.2 Å². The Hall–Kier alpha value is -1.33. The lowest BCUT2D eigenvalue weighted by Crippen LogP contribution is -2.47. The summed E-state index contributed by atoms with van der Waals surface area (Å²) in [6.45, 7) is 6.88. The van der Waals surface area contributed by atoms with E-state index < -0.39 is 0 Å². The molecule has 1 fully saturated rings. The van der Waals surface area contributed by atoms with Gasteiger partial charge in [0, 0.05) is 37.2 Å². The first-order valence-corrected chi connectivity index (χ1v) is 8.26. The van der Waals surface area contributed by atoms with Gasteiger partial charge in [0.1, 0.15) is 5.76 Å². The molecule has 2 heterocycles. The zero-order valence-electron chi connectivity index (χ0n) is 13.6. The lowest BCUT2D eigenvalue weighted by atomic mass is 9.74. The molecule has 1 aromatic heterocycles. The smallest absolute Gasteiger partial charge is 0.231 e. The van der Waals surface area contributed by atoms with Crippen molar-refractivity contribution < 1.29 is 9.21 Å². The van der Waals surface area contributed by atoms with Crippen LogP contribution in [0.4, 0.5) is 0 Å². The summed E-state index contributed by atoms with van der Waals surface area (Å²) in [5, 5.41) is 3.83. The van der Waals surface area contributed by atoms with Gasteiger partial charge < -0.3 is 15.5 Å². The monoisotopic (exact) mass is 305 g/mol. The van der Waals surface area contributed by atoms with Gasteiger partial charge in [0.2, 0.25) is 5.91 Å². The molecule has 1 aliphatic carbocycles. The first-order valence-electron chi connectivity index (χ1n) is 8.26. The van der Waals surface area contributed by atoms with E-state index in [0.717, 1.165) is 44.5 Å². The van der Waals surface area contributed by atoms with Gasteiger partial charge in [-0.15, -0.1) is 0 Å². The van der Waals surface area contributed by atoms with Gasteiger partial charge in [-0.2, -0.15) is 0 Å². The number of likely N-dealkylation sites (tertiary alicyclic amines) is 1. The van der Waals surface area contributed by atoms with Crippen molar-refractivity contribution in [1.82, 2.24) is 10.2 Å². The summed E-state index contributed by atoms with van der Waals surface area (Å²) in [6.07, 6.45) is 6.11. The SMILES string of the molecule is CC1(C)Cc2occc2[C@H](NC2CCN(CC(N)=O)CC2)C1. The molecule has 0 spiro atoms. The van der Waals surface area contributed by atoms with Crippen LogP contribution in [0.15, 0.2) is 16.7 Å². The molecule has 2 aliphatic rings. The molecule has 22 heavy (non-hydrogen) atoms. The second kappa shape index (κ2) is 6.05. The first kappa shape index (κ1) is 15.6. The highest BCUT2D eigenvalue weighted by Gasteiger charge is 2.35. The Morgan fingerprint density at radius 2 is 2.18 bits per heavy atom. The number of furan rings is 1. The minimum Gasteiger partial charge on any atom is -0.469 e. The molecule has 0 saturated carbocycles. The maximum Gasteiger partial charge on any atom is 0.231 e. The number of hydrogen-bond acceptors (Lipinski definition) is 4. The molecule has 3 N–H and O–H groups in total. The number of rotatable bonds is 4. The van der Waals surface area contributed by atoms with Crippen molar-refractivity contribution in [3.8, 4) is 0 Å². The Balaban J connectivity index is 1.59. The van der Waals surface area contributed by atoms with E-state index in [-0.39, 0.29) is 11.3 Å². The van der Waals surface area contributed by atoms with Crippen LogP contribution in [0.5, 0.6) is 0 Å². The molecule has 122 valence electrons. The van der Waals surface area contributed by atoms with Gasteiger partial charge in [-0.1, -0.05) is 13.8 Å². The van der Waals surface area contributed by atoms with Gasteiger partial charge >= 0.3 is 0 Å². The van der Waals surface area contributed by atoms with Crippen molar-refractivity contribution in [3.05, 3.63) is 23.7 Å². The maximum atomic E-state index is 11.0. The Morgan fingerprint density at radius 1 is 1.45 bits per heavy atom. The number of amides is 1. The van der Waals surface area contributed by atoms with Crippen LogP contribution < -0.4 is 11.1 Å². The van der Waals surface area contributed by atoms with E-state index in [2.05, 4.69) is 30.1 Å². The normalized spacial score (nSPS) is 25.8. The van der Waals surface area contributed by atoms with E-state index in [0.29, 0.717) is 18.6 Å². The van der Waals surface area contributed by atoms with E-state index in [1.807, 2.05) is 6.26 Å². The van der Waals surface area contributed by atoms with Crippen molar-refractivity contribution in [1.29, 1.82) is 0 Å². The number of nitrogens with zero attached hydrogens (tertiary/aromatic N) is 1. The quantitative estimate of drug-likeness (QED) is 0.890. The Bertz CT molecular complexity index is 530. The molecule has 1 amide bonds. The highest BCUT2D eigenvalue weighted by Crippen LogP contribution is 2.41. The second-order valence-corrected chi connectivity index (χ2v) is 7.58. The summed E-state index contributed by atoms with van der Waals surface area (Å²) in [6, 6.07) is 3.00. The van der Waals surface area contributed by atoms with Crippen LogP contribution in [0, 0.1) is 5.41 Å². The fourth-order valence-corrected chi connectivity index (χ4v) is 3.89. The standard InChI is InChI=1S/C17H27N3O2/c1-17(2)9-14(13-5-8-22-15(13)10-17)19-12-3-6-20(7-4-12)11-16(18)21/h5,8,12,14,19H,3-4,6-7,9-11H2,1-2H3,(H2,18,21)/t14-/m1/s1. The zero-order chi connectivity index (χ0) is 15.7. The van der Waals surface area contributed by atoms with E-state index in [9.17, 15) is 4.79 Å². The van der Waals surface area contributed by atoms with Gasteiger partial charge in [-0.25, -0.2) is 0 Å². The predicted octanol–water partition coefficient (Wildman–Crippen LogP) is 1.83. The number of fused-ring (bicyclic) bond motifs is 1. The molecule has 1 atom stereocenters. The number of carbonyl (C=O) groups excluding carboxylic acids is 1. The zero-order valence-corrected chi connectivity index (χ0v) is 13.6. The molecule has 1 aliphatic heterocycles. The number of piperidine rings is 1. The van der Waals surface area contributed by atoms with E-state index >= 15 is 0 Å². The van der Waals surface area contributed by atoms with Crippen molar-refractivity contribution >= 4 is 5.91 Å². The van der Waals surface area contributed by atoms with Crippen molar-refractivity contribution in [3.63, 3.8) is 0 Å². The van der Waals surface area contributed by atoms with Crippen LogP contribution in [-0.4, -0.2) is 36.5 Å². The molecule has 0 radical (unpaired) electrons. The number of nitrogens with one attached hydrogen (secondary N) is 1. The Morgan fingerprint density at radius 3 is 2.86 bits per heavy atom. The summed E-state index contributed by atoms with van der Waals surface area (Å²) >= 11 is 0. The molecule has 0 unspecified atom stereocenters. The van der Waals surface area contributed by atoms with Crippen LogP contribution in [0.25, 0.3) is 0 Å². The lowest BCUT2D eigenvalue weighted by Gasteiger charge is -2.39. The highest BCUT2D eigenvalue weighted by molar-refractivity contribution is 5.75. The first-order chi connectivity index (χ1) is 10.4. The summed E-state index contributed by atoms with van der Waals surface area (Å²) < 4.78 is 5.67. The molecular weight excluding hydrogens is 278 g/mol. The molecule has 5 heteroatoms. The van der Waals surface area contributed by atoms with Gasteiger partial charge in [0.25, 0.3) is 0 Å². The fourth-order valence-electron chi connectivity index (χ4n) is 3.89. The molecule has 1 saturated heterocycles. The molecular formula is C17H27N3O2. The number of nitrogens with two attached hydrogens (primary N) is 1. The molecule has 3 rings (SSSR count). The number of primary amides is 1. The minimum atomic E-state index is -0.233. The summed E-state index contributed by atoms with van der Waals surface area (Å²) in [4.78, 5) is 13.1. The predicted molar refractivity (Wildman–Crippen MR) is 85.3 cm³/mol. The fraction of sp³-hybridized carbons (Fsp3) is 0.706. The largest absolute Gasteiger partial charge is 0.469 e. The molecule has 0 aromatic carbocycles. The number of hydrogen-bond donors (Lipinski definition) is 2. The topological polar surface area (TPSA) is 71.5 Å². The Labute approximate surface area is 132 Å². The van der Waals surface area contributed by atoms with E-state index in [1.54, 1.807) is 0 Å². The van der Waals surface area contributed by atoms with Crippen molar-refractivity contribution in [2.75, 3.05) is 19.6 Å². The third-order valence-electron chi connectivity index (χ3n) is 4.96. The van der Waals surface area contributed by atoms with Crippen LogP contribution in [0.1, 0.15) is 50.5 Å². The average Bonchev–Trinajstić information content (AvgIpc) is 2.87. The van der Waals surface area contributed by atoms with Crippen LogP contribution in [0.3, 0.4) is 0 Å². The van der Waals surface area contributed by atoms with Crippen molar-refractivity contribution in [2.45, 2.75) is 51.6 Å². The van der Waals surface area contributed by atoms with Gasteiger partial charge in [-0.05, 0) is 30.7 Å².